The third kappa shape index (κ3) is 2.41. The molecule has 0 aliphatic carbocycles. The lowest BCUT2D eigenvalue weighted by atomic mass is 10.1. The lowest BCUT2D eigenvalue weighted by molar-refractivity contribution is 1.28. The summed E-state index contributed by atoms with van der Waals surface area (Å²) in [5.74, 6) is 5.38. The minimum Gasteiger partial charge on any atom is -0.324 e. The van der Waals surface area contributed by atoms with E-state index in [-0.39, 0.29) is 0 Å². The van der Waals surface area contributed by atoms with Gasteiger partial charge in [0.15, 0.2) is 0 Å². The van der Waals surface area contributed by atoms with E-state index in [2.05, 4.69) is 17.3 Å². The van der Waals surface area contributed by atoms with Gasteiger partial charge in [-0.2, -0.15) is 0 Å². The molecular formula is C15H14N4S. The van der Waals surface area contributed by atoms with Crippen LogP contribution in [0.4, 0.5) is 5.69 Å². The molecule has 1 aromatic carbocycles. The van der Waals surface area contributed by atoms with Crippen LogP contribution in [-0.4, -0.2) is 9.97 Å². The molecule has 0 radical (unpaired) electrons. The number of hydrogen-bond donors (Lipinski definition) is 2. The summed E-state index contributed by atoms with van der Waals surface area (Å²) in [6.45, 7) is 2.08. The summed E-state index contributed by atoms with van der Waals surface area (Å²) in [7, 11) is 0. The second kappa shape index (κ2) is 5.40. The number of thiazole rings is 1. The molecule has 0 atom stereocenters. The van der Waals surface area contributed by atoms with E-state index in [1.807, 2.05) is 42.5 Å². The lowest BCUT2D eigenvalue weighted by Gasteiger charge is -2.02. The highest BCUT2D eigenvalue weighted by atomic mass is 32.1. The summed E-state index contributed by atoms with van der Waals surface area (Å²) in [4.78, 5) is 10.2. The molecule has 3 rings (SSSR count). The van der Waals surface area contributed by atoms with E-state index >= 15 is 0 Å². The number of nitrogens with one attached hydrogen (secondary N) is 1. The summed E-state index contributed by atoms with van der Waals surface area (Å²) < 4.78 is 0. The average molecular weight is 282 g/mol. The Morgan fingerprint density at radius 1 is 1.10 bits per heavy atom. The third-order valence-electron chi connectivity index (χ3n) is 3.01. The molecule has 20 heavy (non-hydrogen) atoms. The fraction of sp³-hybridized carbons (Fsp3) is 0.0667. The summed E-state index contributed by atoms with van der Waals surface area (Å²) in [5.41, 5.74) is 6.50. The first-order valence-corrected chi connectivity index (χ1v) is 7.05. The van der Waals surface area contributed by atoms with Crippen molar-refractivity contribution in [2.45, 2.75) is 6.92 Å². The third-order valence-corrected chi connectivity index (χ3v) is 4.00. The topological polar surface area (TPSA) is 63.8 Å². The number of hydrogen-bond acceptors (Lipinski definition) is 5. The van der Waals surface area contributed by atoms with Crippen molar-refractivity contribution in [3.8, 4) is 22.0 Å². The molecule has 2 aromatic heterocycles. The summed E-state index contributed by atoms with van der Waals surface area (Å²) >= 11 is 1.66. The lowest BCUT2D eigenvalue weighted by Crippen LogP contribution is -2.05. The van der Waals surface area contributed by atoms with Crippen molar-refractivity contribution in [1.29, 1.82) is 0 Å². The maximum absolute atomic E-state index is 5.38. The number of nitrogens with two attached hydrogens (primary N) is 1. The quantitative estimate of drug-likeness (QED) is 0.570. The molecule has 3 N–H and O–H groups in total. The minimum absolute atomic E-state index is 0.881. The number of rotatable bonds is 3. The van der Waals surface area contributed by atoms with Crippen LogP contribution in [-0.2, 0) is 0 Å². The molecule has 4 nitrogen and oxygen atoms in total. The fourth-order valence-corrected chi connectivity index (χ4v) is 2.90. The molecule has 0 amide bonds. The Bertz CT molecular complexity index is 704. The number of hydrazine groups is 1. The monoisotopic (exact) mass is 282 g/mol. The smallest absolute Gasteiger partial charge is 0.142 e. The number of nitrogens with zero attached hydrogens (tertiary/aromatic N) is 2. The van der Waals surface area contributed by atoms with Crippen molar-refractivity contribution in [1.82, 2.24) is 9.97 Å². The molecule has 5 heteroatoms. The van der Waals surface area contributed by atoms with Gasteiger partial charge in [-0.05, 0) is 31.2 Å². The predicted octanol–water partition coefficient (Wildman–Crippen LogP) is 3.47. The molecule has 0 fully saturated rings. The van der Waals surface area contributed by atoms with E-state index < -0.39 is 0 Å². The SMILES string of the molecule is Cc1sc(-c2ccccn2)nc1-c1ccc(NN)cc1. The van der Waals surface area contributed by atoms with E-state index in [9.17, 15) is 0 Å². The molecular weight excluding hydrogens is 268 g/mol. The van der Waals surface area contributed by atoms with Gasteiger partial charge in [-0.3, -0.25) is 10.8 Å². The first-order chi connectivity index (χ1) is 9.78. The molecule has 0 bridgehead atoms. The molecule has 100 valence electrons. The highest BCUT2D eigenvalue weighted by molar-refractivity contribution is 7.15. The Kier molecular flexibility index (Phi) is 3.45. The van der Waals surface area contributed by atoms with Gasteiger partial charge in [0, 0.05) is 22.3 Å². The van der Waals surface area contributed by atoms with Crippen LogP contribution in [0.1, 0.15) is 4.88 Å². The Hall–Kier alpha value is -2.24. The molecule has 0 aliphatic heterocycles. The molecule has 3 aromatic rings. The Morgan fingerprint density at radius 3 is 2.55 bits per heavy atom. The van der Waals surface area contributed by atoms with Crippen LogP contribution in [0.15, 0.2) is 48.7 Å². The normalized spacial score (nSPS) is 10.5. The van der Waals surface area contributed by atoms with Gasteiger partial charge in [0.2, 0.25) is 0 Å². The second-order valence-electron chi connectivity index (χ2n) is 4.36. The van der Waals surface area contributed by atoms with Crippen LogP contribution >= 0.6 is 11.3 Å². The number of anilines is 1. The average Bonchev–Trinajstić information content (AvgIpc) is 2.90. The van der Waals surface area contributed by atoms with Gasteiger partial charge in [-0.1, -0.05) is 18.2 Å². The van der Waals surface area contributed by atoms with E-state index in [0.717, 1.165) is 27.6 Å². The van der Waals surface area contributed by atoms with E-state index in [0.29, 0.717) is 0 Å². The zero-order valence-electron chi connectivity index (χ0n) is 11.0. The van der Waals surface area contributed by atoms with Crippen molar-refractivity contribution in [3.05, 3.63) is 53.5 Å². The van der Waals surface area contributed by atoms with E-state index in [4.69, 9.17) is 10.8 Å². The van der Waals surface area contributed by atoms with Crippen LogP contribution in [0.25, 0.3) is 22.0 Å². The van der Waals surface area contributed by atoms with Gasteiger partial charge >= 0.3 is 0 Å². The van der Waals surface area contributed by atoms with Gasteiger partial charge in [0.25, 0.3) is 0 Å². The van der Waals surface area contributed by atoms with Crippen molar-refractivity contribution >= 4 is 17.0 Å². The van der Waals surface area contributed by atoms with Crippen molar-refractivity contribution in [3.63, 3.8) is 0 Å². The molecule has 0 saturated carbocycles. The number of pyridine rings is 1. The van der Waals surface area contributed by atoms with Gasteiger partial charge < -0.3 is 5.43 Å². The zero-order valence-corrected chi connectivity index (χ0v) is 11.8. The largest absolute Gasteiger partial charge is 0.324 e. The van der Waals surface area contributed by atoms with Crippen LogP contribution < -0.4 is 11.3 Å². The van der Waals surface area contributed by atoms with Crippen LogP contribution in [0.5, 0.6) is 0 Å². The Labute approximate surface area is 121 Å². The standard InChI is InChI=1S/C15H14N4S/c1-10-14(11-5-7-12(19-16)8-6-11)18-15(20-10)13-4-2-3-9-17-13/h2-9,19H,16H2,1H3. The summed E-state index contributed by atoms with van der Waals surface area (Å²) in [6, 6.07) is 13.8. The molecule has 0 unspecified atom stereocenters. The maximum atomic E-state index is 5.38. The van der Waals surface area contributed by atoms with Crippen LogP contribution in [0.3, 0.4) is 0 Å². The predicted molar refractivity (Wildman–Crippen MR) is 83.3 cm³/mol. The van der Waals surface area contributed by atoms with Crippen molar-refractivity contribution in [2.24, 2.45) is 5.84 Å². The fourth-order valence-electron chi connectivity index (χ4n) is 1.99. The number of nitrogen functional groups attached to an aromatic ring is 1. The zero-order chi connectivity index (χ0) is 13.9. The maximum Gasteiger partial charge on any atom is 0.142 e. The number of aromatic nitrogens is 2. The first-order valence-electron chi connectivity index (χ1n) is 6.24. The first kappa shape index (κ1) is 12.8. The van der Waals surface area contributed by atoms with Gasteiger partial charge in [0.1, 0.15) is 5.01 Å². The van der Waals surface area contributed by atoms with Crippen molar-refractivity contribution < 1.29 is 0 Å². The highest BCUT2D eigenvalue weighted by Crippen LogP contribution is 2.32. The minimum atomic E-state index is 0.881. The van der Waals surface area contributed by atoms with E-state index in [1.165, 1.54) is 4.88 Å². The van der Waals surface area contributed by atoms with Gasteiger partial charge in [0.05, 0.1) is 11.4 Å². The van der Waals surface area contributed by atoms with Crippen molar-refractivity contribution in [2.75, 3.05) is 5.43 Å². The van der Waals surface area contributed by atoms with Gasteiger partial charge in [-0.15, -0.1) is 11.3 Å². The molecule has 0 spiro atoms. The number of aryl methyl sites for hydroxylation is 1. The highest BCUT2D eigenvalue weighted by Gasteiger charge is 2.11. The second-order valence-corrected chi connectivity index (χ2v) is 5.56. The van der Waals surface area contributed by atoms with Gasteiger partial charge in [-0.25, -0.2) is 4.98 Å². The molecule has 0 saturated heterocycles. The Balaban J connectivity index is 2.00. The Morgan fingerprint density at radius 2 is 1.90 bits per heavy atom. The molecule has 2 heterocycles. The van der Waals surface area contributed by atoms with Crippen LogP contribution in [0, 0.1) is 6.92 Å². The van der Waals surface area contributed by atoms with Crippen LogP contribution in [0.2, 0.25) is 0 Å². The molecule has 0 aliphatic rings. The van der Waals surface area contributed by atoms with E-state index in [1.54, 1.807) is 17.5 Å². The summed E-state index contributed by atoms with van der Waals surface area (Å²) in [6.07, 6.45) is 1.79. The summed E-state index contributed by atoms with van der Waals surface area (Å²) in [5, 5.41) is 0.944. The number of benzene rings is 1.